The van der Waals surface area contributed by atoms with Crippen LogP contribution in [0.2, 0.25) is 10.0 Å². The molecule has 0 atom stereocenters. The van der Waals surface area contributed by atoms with E-state index >= 15 is 0 Å². The highest BCUT2D eigenvalue weighted by molar-refractivity contribution is 7.89. The molecule has 0 aliphatic carbocycles. The number of benzene rings is 1. The Bertz CT molecular complexity index is 759. The Morgan fingerprint density at radius 2 is 2.10 bits per heavy atom. The molecule has 3 N–H and O–H groups in total. The summed E-state index contributed by atoms with van der Waals surface area (Å²) in [5.41, 5.74) is 5.97. The number of hydrogen-bond donors (Lipinski definition) is 2. The fourth-order valence-electron chi connectivity index (χ4n) is 1.68. The second kappa shape index (κ2) is 6.33. The minimum absolute atomic E-state index is 0.0537. The van der Waals surface area contributed by atoms with E-state index in [-0.39, 0.29) is 33.9 Å². The van der Waals surface area contributed by atoms with Crippen molar-refractivity contribution >= 4 is 33.2 Å². The smallest absolute Gasteiger partial charge is 0.242 e. The Labute approximate surface area is 132 Å². The summed E-state index contributed by atoms with van der Waals surface area (Å²) in [6.07, 6.45) is 1.50. The molecule has 0 spiro atoms. The molecule has 9 heteroatoms. The van der Waals surface area contributed by atoms with Crippen molar-refractivity contribution in [3.05, 3.63) is 45.6 Å². The monoisotopic (exact) mass is 349 g/mol. The number of hydrogen-bond acceptors (Lipinski definition) is 5. The molecule has 2 aromatic rings. The number of sulfonamides is 1. The van der Waals surface area contributed by atoms with Gasteiger partial charge in [0.2, 0.25) is 15.9 Å². The number of nitrogens with one attached hydrogen (secondary N) is 1. The molecule has 0 bridgehead atoms. The topological polar surface area (TPSA) is 98.2 Å². The van der Waals surface area contributed by atoms with Gasteiger partial charge in [-0.2, -0.15) is 0 Å². The molecule has 0 saturated heterocycles. The molecular formula is C12H13Cl2N3O3S. The Hall–Kier alpha value is -1.12. The fourth-order valence-corrected chi connectivity index (χ4v) is 3.59. The van der Waals surface area contributed by atoms with E-state index < -0.39 is 10.0 Å². The van der Waals surface area contributed by atoms with Crippen molar-refractivity contribution in [1.82, 2.24) is 9.71 Å². The van der Waals surface area contributed by atoms with E-state index in [2.05, 4.69) is 9.71 Å². The average Bonchev–Trinajstić information content (AvgIpc) is 2.84. The third-order valence-electron chi connectivity index (χ3n) is 2.67. The van der Waals surface area contributed by atoms with Gasteiger partial charge in [0.15, 0.2) is 0 Å². The van der Waals surface area contributed by atoms with E-state index in [4.69, 9.17) is 33.4 Å². The zero-order chi connectivity index (χ0) is 15.6. The first-order chi connectivity index (χ1) is 9.83. The Kier molecular flexibility index (Phi) is 4.90. The summed E-state index contributed by atoms with van der Waals surface area (Å²) in [5, 5.41) is 0.296. The Morgan fingerprint density at radius 1 is 1.38 bits per heavy atom. The second-order valence-corrected chi connectivity index (χ2v) is 6.82. The van der Waals surface area contributed by atoms with E-state index in [1.165, 1.54) is 18.3 Å². The van der Waals surface area contributed by atoms with Crippen LogP contribution in [-0.2, 0) is 23.1 Å². The first-order valence-electron chi connectivity index (χ1n) is 5.92. The van der Waals surface area contributed by atoms with Gasteiger partial charge in [0.25, 0.3) is 0 Å². The summed E-state index contributed by atoms with van der Waals surface area (Å²) in [6.45, 7) is 1.71. The molecular weight excluding hydrogens is 337 g/mol. The van der Waals surface area contributed by atoms with E-state index in [1.54, 1.807) is 6.92 Å². The van der Waals surface area contributed by atoms with Crippen molar-refractivity contribution in [2.45, 2.75) is 24.9 Å². The van der Waals surface area contributed by atoms with Gasteiger partial charge >= 0.3 is 0 Å². The zero-order valence-electron chi connectivity index (χ0n) is 11.1. The van der Waals surface area contributed by atoms with Crippen LogP contribution in [0.3, 0.4) is 0 Å². The first-order valence-corrected chi connectivity index (χ1v) is 8.16. The molecule has 1 heterocycles. The lowest BCUT2D eigenvalue weighted by molar-refractivity contribution is 0.463. The molecule has 21 heavy (non-hydrogen) atoms. The van der Waals surface area contributed by atoms with Crippen LogP contribution in [-0.4, -0.2) is 13.4 Å². The van der Waals surface area contributed by atoms with Gasteiger partial charge < -0.3 is 10.2 Å². The molecule has 0 aliphatic heterocycles. The largest absolute Gasteiger partial charge is 0.445 e. The molecule has 1 aromatic carbocycles. The third kappa shape index (κ3) is 3.75. The highest BCUT2D eigenvalue weighted by atomic mass is 35.5. The molecule has 2 rings (SSSR count). The standard InChI is InChI=1S/C12H13Cl2N3O3S/c1-7-5-16-11(20-7)6-17-21(18,19)10-3-9(13)2-8(4-15)12(10)14/h2-3,5,17H,4,6,15H2,1H3. The maximum Gasteiger partial charge on any atom is 0.242 e. The third-order valence-corrected chi connectivity index (χ3v) is 4.87. The minimum atomic E-state index is -3.86. The van der Waals surface area contributed by atoms with Crippen LogP contribution in [0.15, 0.2) is 27.6 Å². The van der Waals surface area contributed by atoms with Gasteiger partial charge in [0, 0.05) is 11.6 Å². The van der Waals surface area contributed by atoms with Crippen molar-refractivity contribution < 1.29 is 12.8 Å². The molecule has 1 aromatic heterocycles. The number of oxazole rings is 1. The van der Waals surface area contributed by atoms with Crippen molar-refractivity contribution in [3.63, 3.8) is 0 Å². The zero-order valence-corrected chi connectivity index (χ0v) is 13.4. The van der Waals surface area contributed by atoms with Gasteiger partial charge in [0.05, 0.1) is 17.8 Å². The second-order valence-electron chi connectivity index (χ2n) is 4.27. The Morgan fingerprint density at radius 3 is 2.67 bits per heavy atom. The SMILES string of the molecule is Cc1cnc(CNS(=O)(=O)c2cc(Cl)cc(CN)c2Cl)o1. The molecule has 0 unspecified atom stereocenters. The van der Waals surface area contributed by atoms with Crippen LogP contribution in [0, 0.1) is 6.92 Å². The van der Waals surface area contributed by atoms with Gasteiger partial charge in [-0.1, -0.05) is 23.2 Å². The fraction of sp³-hybridized carbons (Fsp3) is 0.250. The van der Waals surface area contributed by atoms with Crippen molar-refractivity contribution in [2.24, 2.45) is 5.73 Å². The van der Waals surface area contributed by atoms with E-state index in [0.29, 0.717) is 11.3 Å². The van der Waals surface area contributed by atoms with Gasteiger partial charge in [-0.3, -0.25) is 0 Å². The maximum absolute atomic E-state index is 12.3. The summed E-state index contributed by atoms with van der Waals surface area (Å²) >= 11 is 11.9. The summed E-state index contributed by atoms with van der Waals surface area (Å²) in [5.74, 6) is 0.851. The van der Waals surface area contributed by atoms with Crippen molar-refractivity contribution in [1.29, 1.82) is 0 Å². The molecule has 0 radical (unpaired) electrons. The number of nitrogens with two attached hydrogens (primary N) is 1. The molecule has 0 amide bonds. The predicted octanol–water partition coefficient (Wildman–Crippen LogP) is 2.23. The van der Waals surface area contributed by atoms with Gasteiger partial charge in [-0.25, -0.2) is 18.1 Å². The van der Waals surface area contributed by atoms with Crippen LogP contribution < -0.4 is 10.5 Å². The van der Waals surface area contributed by atoms with Crippen LogP contribution >= 0.6 is 23.2 Å². The maximum atomic E-state index is 12.3. The normalized spacial score (nSPS) is 11.8. The molecule has 0 saturated carbocycles. The number of aromatic nitrogens is 1. The molecule has 114 valence electrons. The van der Waals surface area contributed by atoms with Crippen LogP contribution in [0.1, 0.15) is 17.2 Å². The first kappa shape index (κ1) is 16.3. The lowest BCUT2D eigenvalue weighted by atomic mass is 10.2. The van der Waals surface area contributed by atoms with Crippen molar-refractivity contribution in [2.75, 3.05) is 0 Å². The lowest BCUT2D eigenvalue weighted by Gasteiger charge is -2.10. The number of aryl methyl sites for hydroxylation is 1. The number of rotatable bonds is 5. The highest BCUT2D eigenvalue weighted by Gasteiger charge is 2.21. The van der Waals surface area contributed by atoms with E-state index in [1.807, 2.05) is 0 Å². The molecule has 0 aliphatic rings. The Balaban J connectivity index is 2.29. The van der Waals surface area contributed by atoms with Crippen LogP contribution in [0.4, 0.5) is 0 Å². The van der Waals surface area contributed by atoms with Gasteiger partial charge in [-0.05, 0) is 24.6 Å². The summed E-state index contributed by atoms with van der Waals surface area (Å²) in [7, 11) is -3.86. The quantitative estimate of drug-likeness (QED) is 0.862. The van der Waals surface area contributed by atoms with Crippen LogP contribution in [0.25, 0.3) is 0 Å². The summed E-state index contributed by atoms with van der Waals surface area (Å²) in [4.78, 5) is 3.79. The van der Waals surface area contributed by atoms with Gasteiger partial charge in [0.1, 0.15) is 10.7 Å². The van der Waals surface area contributed by atoms with Crippen molar-refractivity contribution in [3.8, 4) is 0 Å². The number of halogens is 2. The highest BCUT2D eigenvalue weighted by Crippen LogP contribution is 2.29. The summed E-state index contributed by atoms with van der Waals surface area (Å²) in [6, 6.07) is 2.80. The van der Waals surface area contributed by atoms with Crippen LogP contribution in [0.5, 0.6) is 0 Å². The minimum Gasteiger partial charge on any atom is -0.445 e. The molecule has 6 nitrogen and oxygen atoms in total. The van der Waals surface area contributed by atoms with E-state index in [9.17, 15) is 8.42 Å². The lowest BCUT2D eigenvalue weighted by Crippen LogP contribution is -2.24. The molecule has 0 fully saturated rings. The van der Waals surface area contributed by atoms with Gasteiger partial charge in [-0.15, -0.1) is 0 Å². The number of nitrogens with zero attached hydrogens (tertiary/aromatic N) is 1. The average molecular weight is 350 g/mol. The predicted molar refractivity (Wildman–Crippen MR) is 79.6 cm³/mol. The van der Waals surface area contributed by atoms with E-state index in [0.717, 1.165) is 0 Å². The summed E-state index contributed by atoms with van der Waals surface area (Å²) < 4.78 is 32.1.